The maximum atomic E-state index is 12.0. The van der Waals surface area contributed by atoms with Crippen molar-refractivity contribution in [1.82, 2.24) is 5.06 Å². The fraction of sp³-hybridized carbons (Fsp3) is 0.900. The number of ether oxygens (including phenoxy) is 1. The molecule has 0 unspecified atom stereocenters. The first-order valence-electron chi connectivity index (χ1n) is 5.03. The summed E-state index contributed by atoms with van der Waals surface area (Å²) in [7, 11) is 1.31. The summed E-state index contributed by atoms with van der Waals surface area (Å²) in [6.45, 7) is 3.26. The zero-order valence-corrected chi connectivity index (χ0v) is 9.45. The van der Waals surface area contributed by atoms with Gasteiger partial charge in [-0.15, -0.1) is 10.3 Å². The molecule has 1 saturated heterocycles. The van der Waals surface area contributed by atoms with Gasteiger partial charge >= 0.3 is 5.97 Å². The monoisotopic (exact) mass is 216 g/mol. The molecule has 1 heterocycles. The largest absolute Gasteiger partial charge is 0.469 e. The minimum Gasteiger partial charge on any atom is -0.469 e. The molecule has 1 aliphatic heterocycles. The molecule has 0 bridgehead atoms. The van der Waals surface area contributed by atoms with Crippen LogP contribution in [-0.4, -0.2) is 40.9 Å². The second kappa shape index (κ2) is 4.08. The molecule has 0 aromatic rings. The molecule has 2 atom stereocenters. The van der Waals surface area contributed by atoms with Crippen LogP contribution in [0.3, 0.4) is 0 Å². The van der Waals surface area contributed by atoms with Gasteiger partial charge in [0.25, 0.3) is 0 Å². The fourth-order valence-electron chi connectivity index (χ4n) is 2.08. The predicted molar refractivity (Wildman–Crippen MR) is 52.3 cm³/mol. The standard InChI is InChI=1S/C10H18NO4/c1-9(6-8(13)15-3)4-5-10(2,7-12)11(9)14/h12H,4-7H2,1-3H3/t9-,10+/m1/s1. The SMILES string of the molecule is COC(=O)C[C@@]1(C)CC[C@@](C)(CO)N1[O]. The maximum Gasteiger partial charge on any atom is 0.307 e. The van der Waals surface area contributed by atoms with Crippen LogP contribution in [0.4, 0.5) is 0 Å². The van der Waals surface area contributed by atoms with Crippen molar-refractivity contribution in [2.75, 3.05) is 13.7 Å². The Kier molecular flexibility index (Phi) is 3.38. The van der Waals surface area contributed by atoms with Crippen molar-refractivity contribution in [2.24, 2.45) is 0 Å². The van der Waals surface area contributed by atoms with E-state index in [1.807, 2.05) is 0 Å². The smallest absolute Gasteiger partial charge is 0.307 e. The van der Waals surface area contributed by atoms with E-state index >= 15 is 0 Å². The third-order valence-electron chi connectivity index (χ3n) is 3.28. The Bertz CT molecular complexity index is 258. The molecular formula is C10H18NO4. The molecule has 0 spiro atoms. The summed E-state index contributed by atoms with van der Waals surface area (Å²) >= 11 is 0. The van der Waals surface area contributed by atoms with Crippen LogP contribution in [-0.2, 0) is 14.7 Å². The summed E-state index contributed by atoms with van der Waals surface area (Å²) < 4.78 is 4.56. The van der Waals surface area contributed by atoms with Gasteiger partial charge in [-0.2, -0.15) is 0 Å². The average molecular weight is 216 g/mol. The average Bonchev–Trinajstić information content (AvgIpc) is 2.44. The molecule has 1 aliphatic rings. The van der Waals surface area contributed by atoms with Gasteiger partial charge in [-0.3, -0.25) is 4.79 Å². The van der Waals surface area contributed by atoms with Crippen molar-refractivity contribution < 1.29 is 19.8 Å². The molecule has 0 aliphatic carbocycles. The van der Waals surface area contributed by atoms with Crippen molar-refractivity contribution in [3.05, 3.63) is 0 Å². The van der Waals surface area contributed by atoms with Gasteiger partial charge in [0.15, 0.2) is 0 Å². The Hall–Kier alpha value is -0.650. The van der Waals surface area contributed by atoms with E-state index in [1.54, 1.807) is 13.8 Å². The number of carbonyl (C=O) groups is 1. The van der Waals surface area contributed by atoms with E-state index in [0.29, 0.717) is 12.8 Å². The quantitative estimate of drug-likeness (QED) is 0.697. The zero-order valence-electron chi connectivity index (χ0n) is 9.45. The molecule has 1 radical (unpaired) electrons. The lowest BCUT2D eigenvalue weighted by molar-refractivity contribution is -0.261. The lowest BCUT2D eigenvalue weighted by Crippen LogP contribution is -2.51. The minimum absolute atomic E-state index is 0.0720. The van der Waals surface area contributed by atoms with Crippen LogP contribution in [0.2, 0.25) is 0 Å². The van der Waals surface area contributed by atoms with Crippen molar-refractivity contribution in [3.8, 4) is 0 Å². The third-order valence-corrected chi connectivity index (χ3v) is 3.28. The summed E-state index contributed by atoms with van der Waals surface area (Å²) in [5.74, 6) is -0.388. The van der Waals surface area contributed by atoms with Gasteiger partial charge in [0, 0.05) is 0 Å². The number of methoxy groups -OCH3 is 1. The van der Waals surface area contributed by atoms with Crippen LogP contribution in [0.25, 0.3) is 0 Å². The molecule has 0 aromatic carbocycles. The Morgan fingerprint density at radius 1 is 1.40 bits per heavy atom. The predicted octanol–water partition coefficient (Wildman–Crippen LogP) is 0.500. The summed E-state index contributed by atoms with van der Waals surface area (Å²) in [6, 6.07) is 0. The van der Waals surface area contributed by atoms with Crippen molar-refractivity contribution in [2.45, 2.75) is 44.2 Å². The molecule has 0 amide bonds. The number of hydrogen-bond acceptors (Lipinski definition) is 4. The van der Waals surface area contributed by atoms with Gasteiger partial charge in [-0.05, 0) is 26.7 Å². The van der Waals surface area contributed by atoms with Crippen LogP contribution >= 0.6 is 0 Å². The van der Waals surface area contributed by atoms with Crippen LogP contribution in [0.1, 0.15) is 33.1 Å². The second-order valence-corrected chi connectivity index (χ2v) is 4.70. The first-order chi connectivity index (χ1) is 6.88. The summed E-state index contributed by atoms with van der Waals surface area (Å²) in [6.07, 6.45) is 1.27. The summed E-state index contributed by atoms with van der Waals surface area (Å²) in [5.41, 5.74) is -1.51. The molecule has 0 aromatic heterocycles. The molecule has 87 valence electrons. The van der Waals surface area contributed by atoms with Gasteiger partial charge in [0.1, 0.15) is 0 Å². The van der Waals surface area contributed by atoms with E-state index in [1.165, 1.54) is 7.11 Å². The molecule has 15 heavy (non-hydrogen) atoms. The van der Waals surface area contributed by atoms with Gasteiger partial charge in [0.2, 0.25) is 0 Å². The van der Waals surface area contributed by atoms with E-state index in [-0.39, 0.29) is 19.0 Å². The molecule has 5 heteroatoms. The van der Waals surface area contributed by atoms with Crippen LogP contribution in [0.5, 0.6) is 0 Å². The summed E-state index contributed by atoms with van der Waals surface area (Å²) in [5, 5.41) is 22.0. The third kappa shape index (κ3) is 2.14. The maximum absolute atomic E-state index is 12.0. The number of hydroxylamine groups is 2. The van der Waals surface area contributed by atoms with Gasteiger partial charge in [-0.1, -0.05) is 0 Å². The Balaban J connectivity index is 2.76. The van der Waals surface area contributed by atoms with Gasteiger partial charge in [-0.25, -0.2) is 0 Å². The van der Waals surface area contributed by atoms with Crippen LogP contribution < -0.4 is 0 Å². The number of aliphatic hydroxyl groups excluding tert-OH is 1. The summed E-state index contributed by atoms with van der Waals surface area (Å²) in [4.78, 5) is 11.2. The first kappa shape index (κ1) is 12.4. The van der Waals surface area contributed by atoms with E-state index < -0.39 is 11.1 Å². The molecular weight excluding hydrogens is 198 g/mol. The number of carbonyl (C=O) groups excluding carboxylic acids is 1. The van der Waals surface area contributed by atoms with Crippen molar-refractivity contribution >= 4 is 5.97 Å². The number of nitrogens with zero attached hydrogens (tertiary/aromatic N) is 1. The Labute approximate surface area is 89.6 Å². The first-order valence-corrected chi connectivity index (χ1v) is 5.03. The number of aliphatic hydroxyl groups is 1. The van der Waals surface area contributed by atoms with Crippen LogP contribution in [0, 0.1) is 0 Å². The van der Waals surface area contributed by atoms with E-state index in [4.69, 9.17) is 5.11 Å². The van der Waals surface area contributed by atoms with E-state index in [2.05, 4.69) is 4.74 Å². The number of rotatable bonds is 3. The van der Waals surface area contributed by atoms with E-state index in [9.17, 15) is 10.0 Å². The molecule has 1 fully saturated rings. The van der Waals surface area contributed by atoms with Crippen molar-refractivity contribution in [1.29, 1.82) is 0 Å². The van der Waals surface area contributed by atoms with E-state index in [0.717, 1.165) is 5.06 Å². The van der Waals surface area contributed by atoms with Crippen LogP contribution in [0.15, 0.2) is 0 Å². The fourth-order valence-corrected chi connectivity index (χ4v) is 2.08. The molecule has 5 nitrogen and oxygen atoms in total. The number of esters is 1. The highest BCUT2D eigenvalue weighted by Crippen LogP contribution is 2.41. The van der Waals surface area contributed by atoms with Crippen molar-refractivity contribution in [3.63, 3.8) is 0 Å². The molecule has 0 saturated carbocycles. The highest BCUT2D eigenvalue weighted by Gasteiger charge is 2.51. The normalized spacial score (nSPS) is 36.9. The second-order valence-electron chi connectivity index (χ2n) is 4.70. The lowest BCUT2D eigenvalue weighted by atomic mass is 9.95. The molecule has 1 N–H and O–H groups in total. The Morgan fingerprint density at radius 3 is 2.33 bits per heavy atom. The highest BCUT2D eigenvalue weighted by atomic mass is 16.5. The highest BCUT2D eigenvalue weighted by molar-refractivity contribution is 5.70. The van der Waals surface area contributed by atoms with Gasteiger partial charge in [0.05, 0.1) is 31.2 Å². The molecule has 1 rings (SSSR count). The minimum atomic E-state index is -0.761. The number of hydrogen-bond donors (Lipinski definition) is 1. The Morgan fingerprint density at radius 2 is 1.93 bits per heavy atom. The lowest BCUT2D eigenvalue weighted by Gasteiger charge is -2.34. The topological polar surface area (TPSA) is 69.7 Å². The van der Waals surface area contributed by atoms with Gasteiger partial charge < -0.3 is 9.84 Å². The zero-order chi connectivity index (χ0) is 11.7.